The predicted octanol–water partition coefficient (Wildman–Crippen LogP) is 7.24. The van der Waals surface area contributed by atoms with Crippen LogP contribution >= 0.6 is 11.8 Å². The van der Waals surface area contributed by atoms with Gasteiger partial charge in [-0.05, 0) is 91.4 Å². The molecule has 3 aromatic rings. The first-order chi connectivity index (χ1) is 15.5. The molecule has 4 nitrogen and oxygen atoms in total. The summed E-state index contributed by atoms with van der Waals surface area (Å²) in [6.45, 7) is 15.6. The molecular weight excluding hydrogens is 426 g/mol. The molecule has 0 atom stereocenters. The molecular formula is C28H35N3OS. The molecule has 0 aliphatic heterocycles. The number of benzene rings is 2. The van der Waals surface area contributed by atoms with Crippen LogP contribution in [0.1, 0.15) is 68.3 Å². The van der Waals surface area contributed by atoms with Crippen molar-refractivity contribution in [2.24, 2.45) is 5.92 Å². The molecule has 0 saturated carbocycles. The smallest absolute Gasteiger partial charge is 0.258 e. The van der Waals surface area contributed by atoms with Crippen LogP contribution in [-0.2, 0) is 5.41 Å². The Kier molecular flexibility index (Phi) is 7.96. The Morgan fingerprint density at radius 3 is 2.03 bits per heavy atom. The number of carbonyl (C=O) groups is 1. The zero-order valence-corrected chi connectivity index (χ0v) is 21.7. The zero-order chi connectivity index (χ0) is 24.2. The van der Waals surface area contributed by atoms with Gasteiger partial charge in [0, 0.05) is 34.1 Å². The van der Waals surface area contributed by atoms with Crippen molar-refractivity contribution < 1.29 is 4.79 Å². The molecule has 1 heterocycles. The molecule has 174 valence electrons. The van der Waals surface area contributed by atoms with Gasteiger partial charge >= 0.3 is 0 Å². The van der Waals surface area contributed by atoms with Crippen LogP contribution < -0.4 is 4.90 Å². The molecule has 5 heteroatoms. The minimum atomic E-state index is 0.0363. The van der Waals surface area contributed by atoms with E-state index in [1.807, 2.05) is 61.2 Å². The molecule has 0 aliphatic carbocycles. The number of nitrogens with zero attached hydrogens (tertiary/aromatic N) is 3. The van der Waals surface area contributed by atoms with Crippen LogP contribution in [0.2, 0.25) is 0 Å². The number of rotatable bonds is 7. The maximum absolute atomic E-state index is 13.5. The van der Waals surface area contributed by atoms with Gasteiger partial charge in [-0.1, -0.05) is 46.8 Å². The zero-order valence-electron chi connectivity index (χ0n) is 20.8. The highest BCUT2D eigenvalue weighted by Gasteiger charge is 2.20. The van der Waals surface area contributed by atoms with Gasteiger partial charge in [0.05, 0.1) is 0 Å². The number of aromatic nitrogens is 2. The summed E-state index contributed by atoms with van der Waals surface area (Å²) in [4.78, 5) is 25.4. The topological polar surface area (TPSA) is 46.1 Å². The minimum absolute atomic E-state index is 0.0363. The van der Waals surface area contributed by atoms with E-state index >= 15 is 0 Å². The Morgan fingerprint density at radius 2 is 1.52 bits per heavy atom. The third-order valence-corrected chi connectivity index (χ3v) is 6.37. The summed E-state index contributed by atoms with van der Waals surface area (Å²) in [5, 5.41) is 0.743. The summed E-state index contributed by atoms with van der Waals surface area (Å²) in [6, 6.07) is 18.1. The quantitative estimate of drug-likeness (QED) is 0.348. The van der Waals surface area contributed by atoms with Crippen LogP contribution in [0.15, 0.2) is 64.6 Å². The molecule has 3 rings (SSSR count). The Labute approximate surface area is 202 Å². The lowest BCUT2D eigenvalue weighted by molar-refractivity contribution is 0.0986. The van der Waals surface area contributed by atoms with E-state index in [2.05, 4.69) is 56.7 Å². The normalized spacial score (nSPS) is 11.6. The predicted molar refractivity (Wildman–Crippen MR) is 138 cm³/mol. The molecule has 2 aromatic carbocycles. The van der Waals surface area contributed by atoms with Gasteiger partial charge in [0.25, 0.3) is 5.91 Å². The lowest BCUT2D eigenvalue weighted by Crippen LogP contribution is -2.32. The number of amides is 1. The molecule has 0 aliphatic rings. The second-order valence-corrected chi connectivity index (χ2v) is 11.0. The van der Waals surface area contributed by atoms with Crippen molar-refractivity contribution in [3.8, 4) is 0 Å². The Balaban J connectivity index is 1.83. The Hall–Kier alpha value is -2.66. The van der Waals surface area contributed by atoms with E-state index in [0.717, 1.165) is 33.5 Å². The van der Waals surface area contributed by atoms with Gasteiger partial charge in [-0.3, -0.25) is 4.79 Å². The van der Waals surface area contributed by atoms with Gasteiger partial charge in [0.2, 0.25) is 0 Å². The summed E-state index contributed by atoms with van der Waals surface area (Å²) in [5.41, 5.74) is 4.84. The number of hydrogen-bond acceptors (Lipinski definition) is 4. The standard InChI is InChI=1S/C28H35N3OS/c1-19(2)16-17-31(26(32)22-8-10-23(11-9-22)28(5,6)7)24-12-14-25(15-13-24)33-27-29-20(3)18-21(4)30-27/h8-15,18-19H,16-17H2,1-7H3. The van der Waals surface area contributed by atoms with E-state index in [-0.39, 0.29) is 11.3 Å². The highest BCUT2D eigenvalue weighted by atomic mass is 32.2. The molecule has 1 aromatic heterocycles. The average Bonchev–Trinajstić information content (AvgIpc) is 2.73. The Morgan fingerprint density at radius 1 is 0.939 bits per heavy atom. The molecule has 0 N–H and O–H groups in total. The number of carbonyl (C=O) groups excluding carboxylic acids is 1. The van der Waals surface area contributed by atoms with Crippen LogP contribution in [0.4, 0.5) is 5.69 Å². The second-order valence-electron chi connectivity index (χ2n) is 10.00. The highest BCUT2D eigenvalue weighted by molar-refractivity contribution is 7.99. The van der Waals surface area contributed by atoms with Gasteiger partial charge in [-0.2, -0.15) is 0 Å². The summed E-state index contributed by atoms with van der Waals surface area (Å²) < 4.78 is 0. The first-order valence-corrected chi connectivity index (χ1v) is 12.4. The third-order valence-electron chi connectivity index (χ3n) is 5.49. The van der Waals surface area contributed by atoms with Gasteiger partial charge in [-0.25, -0.2) is 9.97 Å². The summed E-state index contributed by atoms with van der Waals surface area (Å²) in [5.74, 6) is 0.550. The second kappa shape index (κ2) is 10.5. The maximum atomic E-state index is 13.5. The number of hydrogen-bond donors (Lipinski definition) is 0. The third kappa shape index (κ3) is 6.91. The SMILES string of the molecule is Cc1cc(C)nc(Sc2ccc(N(CCC(C)C)C(=O)c3ccc(C(C)(C)C)cc3)cc2)n1. The van der Waals surface area contributed by atoms with Crippen molar-refractivity contribution >= 4 is 23.4 Å². The van der Waals surface area contributed by atoms with Gasteiger partial charge in [0.15, 0.2) is 5.16 Å². The molecule has 0 bridgehead atoms. The molecule has 33 heavy (non-hydrogen) atoms. The minimum Gasteiger partial charge on any atom is -0.308 e. The fourth-order valence-electron chi connectivity index (χ4n) is 3.54. The maximum Gasteiger partial charge on any atom is 0.258 e. The lowest BCUT2D eigenvalue weighted by Gasteiger charge is -2.25. The average molecular weight is 462 g/mol. The van der Waals surface area contributed by atoms with E-state index < -0.39 is 0 Å². The van der Waals surface area contributed by atoms with Crippen LogP contribution in [0, 0.1) is 19.8 Å². The van der Waals surface area contributed by atoms with E-state index in [4.69, 9.17) is 0 Å². The van der Waals surface area contributed by atoms with Crippen molar-refractivity contribution in [3.63, 3.8) is 0 Å². The van der Waals surface area contributed by atoms with Crippen LogP contribution in [0.25, 0.3) is 0 Å². The van der Waals surface area contributed by atoms with Crippen molar-refractivity contribution in [2.75, 3.05) is 11.4 Å². The van der Waals surface area contributed by atoms with E-state index in [0.29, 0.717) is 18.0 Å². The van der Waals surface area contributed by atoms with Crippen molar-refractivity contribution in [3.05, 3.63) is 77.1 Å². The first-order valence-electron chi connectivity index (χ1n) is 11.6. The molecule has 0 fully saturated rings. The van der Waals surface area contributed by atoms with Crippen molar-refractivity contribution in [2.45, 2.75) is 70.4 Å². The molecule has 1 amide bonds. The molecule has 0 spiro atoms. The Bertz CT molecular complexity index is 1060. The molecule has 0 saturated heterocycles. The van der Waals surface area contributed by atoms with Crippen molar-refractivity contribution in [1.82, 2.24) is 9.97 Å². The molecule has 0 unspecified atom stereocenters. The van der Waals surface area contributed by atoms with Gasteiger partial charge in [0.1, 0.15) is 0 Å². The number of anilines is 1. The highest BCUT2D eigenvalue weighted by Crippen LogP contribution is 2.29. The fourth-order valence-corrected chi connectivity index (χ4v) is 4.40. The van der Waals surface area contributed by atoms with Gasteiger partial charge in [-0.15, -0.1) is 0 Å². The van der Waals surface area contributed by atoms with Crippen LogP contribution in [0.5, 0.6) is 0 Å². The summed E-state index contributed by atoms with van der Waals surface area (Å²) in [7, 11) is 0. The van der Waals surface area contributed by atoms with E-state index in [9.17, 15) is 4.79 Å². The van der Waals surface area contributed by atoms with Crippen LogP contribution in [0.3, 0.4) is 0 Å². The van der Waals surface area contributed by atoms with E-state index in [1.165, 1.54) is 17.3 Å². The number of aryl methyl sites for hydroxylation is 2. The summed E-state index contributed by atoms with van der Waals surface area (Å²) >= 11 is 1.54. The van der Waals surface area contributed by atoms with E-state index in [1.54, 1.807) is 0 Å². The monoisotopic (exact) mass is 461 g/mol. The fraction of sp³-hybridized carbons (Fsp3) is 0.393. The van der Waals surface area contributed by atoms with Crippen molar-refractivity contribution in [1.29, 1.82) is 0 Å². The summed E-state index contributed by atoms with van der Waals surface area (Å²) in [6.07, 6.45) is 0.943. The largest absolute Gasteiger partial charge is 0.308 e. The van der Waals surface area contributed by atoms with Gasteiger partial charge < -0.3 is 4.90 Å². The lowest BCUT2D eigenvalue weighted by atomic mass is 9.86. The first kappa shape index (κ1) is 25.0. The van der Waals surface area contributed by atoms with Crippen LogP contribution in [-0.4, -0.2) is 22.4 Å². The molecule has 0 radical (unpaired) electrons.